The van der Waals surface area contributed by atoms with Crippen LogP contribution in [-0.2, 0) is 4.79 Å². The van der Waals surface area contributed by atoms with E-state index in [2.05, 4.69) is 0 Å². The second-order valence-corrected chi connectivity index (χ2v) is 3.49. The molecule has 0 saturated heterocycles. The highest BCUT2D eigenvalue weighted by Gasteiger charge is 2.44. The molecule has 4 heteroatoms. The van der Waals surface area contributed by atoms with Crippen LogP contribution in [0.5, 0.6) is 0 Å². The molecule has 0 amide bonds. The third-order valence-corrected chi connectivity index (χ3v) is 2.42. The van der Waals surface area contributed by atoms with Gasteiger partial charge in [-0.2, -0.15) is 0 Å². The van der Waals surface area contributed by atoms with Crippen LogP contribution < -0.4 is 0 Å². The SMILES string of the molecule is O=C(O)[C@@H]1C[C@H]1c1cc(F)cc(F)c1. The van der Waals surface area contributed by atoms with Crippen molar-refractivity contribution in [2.24, 2.45) is 5.92 Å². The van der Waals surface area contributed by atoms with Crippen molar-refractivity contribution in [2.75, 3.05) is 0 Å². The molecule has 0 unspecified atom stereocenters. The lowest BCUT2D eigenvalue weighted by Crippen LogP contribution is -1.99. The van der Waals surface area contributed by atoms with Gasteiger partial charge < -0.3 is 5.11 Å². The summed E-state index contributed by atoms with van der Waals surface area (Å²) in [5.74, 6) is -2.92. The van der Waals surface area contributed by atoms with E-state index in [-0.39, 0.29) is 5.92 Å². The quantitative estimate of drug-likeness (QED) is 0.790. The second kappa shape index (κ2) is 3.04. The number of aliphatic carboxylic acids is 1. The Kier molecular flexibility index (Phi) is 1.98. The van der Waals surface area contributed by atoms with Gasteiger partial charge in [0.2, 0.25) is 0 Å². The third kappa shape index (κ3) is 1.60. The maximum absolute atomic E-state index is 12.8. The van der Waals surface area contributed by atoms with Crippen LogP contribution in [0.2, 0.25) is 0 Å². The van der Waals surface area contributed by atoms with Crippen LogP contribution >= 0.6 is 0 Å². The minimum absolute atomic E-state index is 0.224. The average Bonchev–Trinajstić information content (AvgIpc) is 2.79. The van der Waals surface area contributed by atoms with Crippen LogP contribution in [0, 0.1) is 17.6 Å². The summed E-state index contributed by atoms with van der Waals surface area (Å²) in [7, 11) is 0. The number of carboxylic acids is 1. The van der Waals surface area contributed by atoms with Gasteiger partial charge in [-0.1, -0.05) is 0 Å². The van der Waals surface area contributed by atoms with Crippen LogP contribution in [0.25, 0.3) is 0 Å². The Hall–Kier alpha value is -1.45. The maximum atomic E-state index is 12.8. The van der Waals surface area contributed by atoms with Gasteiger partial charge in [-0.25, -0.2) is 8.78 Å². The molecular formula is C10H8F2O2. The van der Waals surface area contributed by atoms with E-state index in [1.165, 1.54) is 12.1 Å². The predicted molar refractivity (Wildman–Crippen MR) is 44.8 cm³/mol. The van der Waals surface area contributed by atoms with Crippen LogP contribution in [0.15, 0.2) is 18.2 Å². The molecule has 1 N–H and O–H groups in total. The monoisotopic (exact) mass is 198 g/mol. The first kappa shape index (κ1) is 9.12. The molecule has 1 aliphatic rings. The van der Waals surface area contributed by atoms with Gasteiger partial charge in [-0.15, -0.1) is 0 Å². The number of rotatable bonds is 2. The summed E-state index contributed by atoms with van der Waals surface area (Å²) < 4.78 is 25.5. The first-order chi connectivity index (χ1) is 6.58. The molecule has 0 radical (unpaired) electrons. The molecule has 0 spiro atoms. The number of carboxylic acid groups (broad SMARTS) is 1. The molecule has 2 atom stereocenters. The third-order valence-electron chi connectivity index (χ3n) is 2.42. The zero-order chi connectivity index (χ0) is 10.3. The van der Waals surface area contributed by atoms with E-state index < -0.39 is 23.5 Å². The summed E-state index contributed by atoms with van der Waals surface area (Å²) in [5, 5.41) is 8.64. The Bertz CT molecular complexity index is 369. The summed E-state index contributed by atoms with van der Waals surface area (Å²) in [6, 6.07) is 3.16. The molecular weight excluding hydrogens is 190 g/mol. The Balaban J connectivity index is 2.23. The molecule has 1 saturated carbocycles. The normalized spacial score (nSPS) is 24.7. The molecule has 0 heterocycles. The van der Waals surface area contributed by atoms with E-state index in [0.717, 1.165) is 6.07 Å². The number of halogens is 2. The summed E-state index contributed by atoms with van der Waals surface area (Å²) in [4.78, 5) is 10.5. The zero-order valence-corrected chi connectivity index (χ0v) is 7.21. The van der Waals surface area contributed by atoms with Gasteiger partial charge in [0.25, 0.3) is 0 Å². The van der Waals surface area contributed by atoms with Gasteiger partial charge in [-0.3, -0.25) is 4.79 Å². The fourth-order valence-corrected chi connectivity index (χ4v) is 1.63. The zero-order valence-electron chi connectivity index (χ0n) is 7.21. The van der Waals surface area contributed by atoms with Crippen molar-refractivity contribution in [2.45, 2.75) is 12.3 Å². The molecule has 74 valence electrons. The lowest BCUT2D eigenvalue weighted by atomic mass is 10.1. The van der Waals surface area contributed by atoms with Crippen molar-refractivity contribution in [1.29, 1.82) is 0 Å². The van der Waals surface area contributed by atoms with Crippen LogP contribution in [0.4, 0.5) is 8.78 Å². The van der Waals surface area contributed by atoms with Gasteiger partial charge in [0.15, 0.2) is 0 Å². The highest BCUT2D eigenvalue weighted by atomic mass is 19.1. The molecule has 1 fully saturated rings. The van der Waals surface area contributed by atoms with Crippen molar-refractivity contribution in [1.82, 2.24) is 0 Å². The van der Waals surface area contributed by atoms with E-state index in [4.69, 9.17) is 5.11 Å². The van der Waals surface area contributed by atoms with Crippen molar-refractivity contribution in [3.63, 3.8) is 0 Å². The van der Waals surface area contributed by atoms with Gasteiger partial charge in [-0.05, 0) is 30.0 Å². The van der Waals surface area contributed by atoms with Crippen molar-refractivity contribution in [3.8, 4) is 0 Å². The molecule has 2 nitrogen and oxygen atoms in total. The molecule has 2 rings (SSSR count). The summed E-state index contributed by atoms with van der Waals surface area (Å²) in [5.41, 5.74) is 0.440. The number of carbonyl (C=O) groups is 1. The lowest BCUT2D eigenvalue weighted by Gasteiger charge is -1.99. The second-order valence-electron chi connectivity index (χ2n) is 3.49. The van der Waals surface area contributed by atoms with E-state index in [1.807, 2.05) is 0 Å². The van der Waals surface area contributed by atoms with E-state index in [0.29, 0.717) is 12.0 Å². The molecule has 1 aromatic carbocycles. The Morgan fingerprint density at radius 2 is 1.86 bits per heavy atom. The highest BCUT2D eigenvalue weighted by molar-refractivity contribution is 5.75. The molecule has 14 heavy (non-hydrogen) atoms. The average molecular weight is 198 g/mol. The van der Waals surface area contributed by atoms with E-state index in [9.17, 15) is 13.6 Å². The van der Waals surface area contributed by atoms with Gasteiger partial charge >= 0.3 is 5.97 Å². The largest absolute Gasteiger partial charge is 0.481 e. The van der Waals surface area contributed by atoms with Gasteiger partial charge in [0, 0.05) is 6.07 Å². The van der Waals surface area contributed by atoms with Gasteiger partial charge in [0.1, 0.15) is 11.6 Å². The van der Waals surface area contributed by atoms with Crippen molar-refractivity contribution >= 4 is 5.97 Å². The minimum atomic E-state index is -0.903. The first-order valence-electron chi connectivity index (χ1n) is 4.26. The number of benzene rings is 1. The summed E-state index contributed by atoms with van der Waals surface area (Å²) in [6.45, 7) is 0. The molecule has 1 aliphatic carbocycles. The first-order valence-corrected chi connectivity index (χ1v) is 4.26. The fourth-order valence-electron chi connectivity index (χ4n) is 1.63. The van der Waals surface area contributed by atoms with Crippen molar-refractivity contribution < 1.29 is 18.7 Å². The minimum Gasteiger partial charge on any atom is -0.481 e. The van der Waals surface area contributed by atoms with Crippen LogP contribution in [0.1, 0.15) is 17.9 Å². The predicted octanol–water partition coefficient (Wildman–Crippen LogP) is 2.15. The number of hydrogen-bond acceptors (Lipinski definition) is 1. The number of hydrogen-bond donors (Lipinski definition) is 1. The molecule has 0 aromatic heterocycles. The fraction of sp³-hybridized carbons (Fsp3) is 0.300. The summed E-state index contributed by atoms with van der Waals surface area (Å²) in [6.07, 6.45) is 0.470. The molecule has 1 aromatic rings. The summed E-state index contributed by atoms with van der Waals surface area (Å²) >= 11 is 0. The maximum Gasteiger partial charge on any atom is 0.307 e. The topological polar surface area (TPSA) is 37.3 Å². The molecule has 0 bridgehead atoms. The Morgan fingerprint density at radius 1 is 1.29 bits per heavy atom. The smallest absolute Gasteiger partial charge is 0.307 e. The van der Waals surface area contributed by atoms with Crippen molar-refractivity contribution in [3.05, 3.63) is 35.4 Å². The molecule has 0 aliphatic heterocycles. The van der Waals surface area contributed by atoms with Crippen LogP contribution in [-0.4, -0.2) is 11.1 Å². The van der Waals surface area contributed by atoms with E-state index >= 15 is 0 Å². The lowest BCUT2D eigenvalue weighted by molar-refractivity contribution is -0.138. The Labute approximate surface area is 79.2 Å². The highest BCUT2D eigenvalue weighted by Crippen LogP contribution is 2.47. The van der Waals surface area contributed by atoms with Gasteiger partial charge in [0.05, 0.1) is 5.92 Å². The van der Waals surface area contributed by atoms with Crippen LogP contribution in [0.3, 0.4) is 0 Å². The standard InChI is InChI=1S/C10H8F2O2/c11-6-1-5(2-7(12)3-6)8-4-9(8)10(13)14/h1-3,8-9H,4H2,(H,13,14)/t8-,9+/m0/s1. The Morgan fingerprint density at radius 3 is 2.29 bits per heavy atom. The van der Waals surface area contributed by atoms with E-state index in [1.54, 1.807) is 0 Å².